The molecule has 3 aromatic carbocycles. The highest BCUT2D eigenvalue weighted by molar-refractivity contribution is 7.92. The number of hydrogen-bond donors (Lipinski definition) is 2. The Kier molecular flexibility index (Phi) is 5.56. The molecule has 1 unspecified atom stereocenters. The molecule has 0 aromatic heterocycles. The van der Waals surface area contributed by atoms with E-state index in [1.807, 2.05) is 38.1 Å². The molecule has 0 radical (unpaired) electrons. The summed E-state index contributed by atoms with van der Waals surface area (Å²) in [6, 6.07) is 18.2. The van der Waals surface area contributed by atoms with Gasteiger partial charge >= 0.3 is 0 Å². The number of rotatable bonds is 6. The fourth-order valence-electron chi connectivity index (χ4n) is 3.22. The smallest absolute Gasteiger partial charge is 0.261 e. The summed E-state index contributed by atoms with van der Waals surface area (Å²) in [5.74, 6) is 1.02. The summed E-state index contributed by atoms with van der Waals surface area (Å²) < 4.78 is 38.6. The van der Waals surface area contributed by atoms with Crippen LogP contribution in [0.25, 0.3) is 0 Å². The fourth-order valence-corrected chi connectivity index (χ4v) is 4.35. The summed E-state index contributed by atoms with van der Waals surface area (Å²) in [7, 11) is -3.76. The van der Waals surface area contributed by atoms with E-state index in [1.165, 1.54) is 24.3 Å². The van der Waals surface area contributed by atoms with Gasteiger partial charge in [0.15, 0.2) is 11.5 Å². The van der Waals surface area contributed by atoms with Crippen LogP contribution >= 0.6 is 0 Å². The standard InChI is InChI=1S/C23H22N2O5S/c1-15-5-3-4-6-20(15)25-31(27,28)19-10-7-17(8-11-19)23(26)24-16(2)18-9-12-21-22(13-18)30-14-29-21/h3-13,16,25H,14H2,1-2H3,(H,24,26). The summed E-state index contributed by atoms with van der Waals surface area (Å²) in [5, 5.41) is 2.91. The minimum atomic E-state index is -3.76. The van der Waals surface area contributed by atoms with Crippen LogP contribution in [-0.2, 0) is 10.0 Å². The average Bonchev–Trinajstić information content (AvgIpc) is 3.23. The first-order chi connectivity index (χ1) is 14.8. The molecule has 8 heteroatoms. The zero-order valence-electron chi connectivity index (χ0n) is 17.1. The highest BCUT2D eigenvalue weighted by Crippen LogP contribution is 2.34. The third-order valence-corrected chi connectivity index (χ3v) is 6.44. The molecule has 0 aliphatic carbocycles. The van der Waals surface area contributed by atoms with Crippen molar-refractivity contribution >= 4 is 21.6 Å². The fraction of sp³-hybridized carbons (Fsp3) is 0.174. The van der Waals surface area contributed by atoms with Crippen LogP contribution in [0.3, 0.4) is 0 Å². The van der Waals surface area contributed by atoms with Gasteiger partial charge in [0.05, 0.1) is 16.6 Å². The second-order valence-electron chi connectivity index (χ2n) is 7.25. The van der Waals surface area contributed by atoms with Crippen LogP contribution in [0.2, 0.25) is 0 Å². The molecule has 160 valence electrons. The summed E-state index contributed by atoms with van der Waals surface area (Å²) in [5.41, 5.74) is 2.57. The van der Waals surface area contributed by atoms with Crippen LogP contribution in [0.5, 0.6) is 11.5 Å². The molecule has 4 rings (SSSR count). The summed E-state index contributed by atoms with van der Waals surface area (Å²) >= 11 is 0. The van der Waals surface area contributed by atoms with Crippen LogP contribution < -0.4 is 19.5 Å². The van der Waals surface area contributed by atoms with Gasteiger partial charge in [-0.15, -0.1) is 0 Å². The molecule has 2 N–H and O–H groups in total. The minimum Gasteiger partial charge on any atom is -0.454 e. The Morgan fingerprint density at radius 1 is 0.968 bits per heavy atom. The van der Waals surface area contributed by atoms with E-state index in [0.717, 1.165) is 11.1 Å². The maximum atomic E-state index is 12.7. The van der Waals surface area contributed by atoms with E-state index in [1.54, 1.807) is 18.2 Å². The van der Waals surface area contributed by atoms with Crippen molar-refractivity contribution in [3.05, 3.63) is 83.4 Å². The van der Waals surface area contributed by atoms with E-state index < -0.39 is 10.0 Å². The maximum Gasteiger partial charge on any atom is 0.261 e. The zero-order chi connectivity index (χ0) is 22.0. The van der Waals surface area contributed by atoms with Crippen molar-refractivity contribution in [3.8, 4) is 11.5 Å². The summed E-state index contributed by atoms with van der Waals surface area (Å²) in [4.78, 5) is 12.7. The molecular formula is C23H22N2O5S. The van der Waals surface area contributed by atoms with Crippen molar-refractivity contribution < 1.29 is 22.7 Å². The summed E-state index contributed by atoms with van der Waals surface area (Å²) in [6.45, 7) is 3.88. The van der Waals surface area contributed by atoms with Crippen LogP contribution in [0.15, 0.2) is 71.6 Å². The Bertz CT molecular complexity index is 1220. The monoisotopic (exact) mass is 438 g/mol. The maximum absolute atomic E-state index is 12.7. The van der Waals surface area contributed by atoms with Gasteiger partial charge < -0.3 is 14.8 Å². The van der Waals surface area contributed by atoms with Crippen molar-refractivity contribution in [3.63, 3.8) is 0 Å². The van der Waals surface area contributed by atoms with Crippen molar-refractivity contribution in [2.75, 3.05) is 11.5 Å². The number of benzene rings is 3. The Balaban J connectivity index is 1.45. The van der Waals surface area contributed by atoms with Crippen LogP contribution in [-0.4, -0.2) is 21.1 Å². The number of hydrogen-bond acceptors (Lipinski definition) is 5. The van der Waals surface area contributed by atoms with Gasteiger partial charge in [-0.05, 0) is 67.4 Å². The number of fused-ring (bicyclic) bond motifs is 1. The number of para-hydroxylation sites is 1. The van der Waals surface area contributed by atoms with E-state index in [0.29, 0.717) is 22.7 Å². The summed E-state index contributed by atoms with van der Waals surface area (Å²) in [6.07, 6.45) is 0. The number of sulfonamides is 1. The molecule has 1 atom stereocenters. The molecule has 1 heterocycles. The van der Waals surface area contributed by atoms with Crippen molar-refractivity contribution in [2.24, 2.45) is 0 Å². The second kappa shape index (κ2) is 8.31. The van der Waals surface area contributed by atoms with Gasteiger partial charge in [-0.25, -0.2) is 8.42 Å². The molecule has 7 nitrogen and oxygen atoms in total. The van der Waals surface area contributed by atoms with E-state index in [9.17, 15) is 13.2 Å². The molecule has 3 aromatic rings. The third-order valence-electron chi connectivity index (χ3n) is 5.06. The lowest BCUT2D eigenvalue weighted by atomic mass is 10.1. The van der Waals surface area contributed by atoms with Crippen molar-refractivity contribution in [1.82, 2.24) is 5.32 Å². The lowest BCUT2D eigenvalue weighted by molar-refractivity contribution is 0.0939. The molecule has 1 amide bonds. The molecule has 0 bridgehead atoms. The first-order valence-corrected chi connectivity index (χ1v) is 11.2. The molecule has 31 heavy (non-hydrogen) atoms. The molecule has 0 spiro atoms. The molecule has 1 aliphatic rings. The van der Waals surface area contributed by atoms with Gasteiger partial charge in [0, 0.05) is 5.56 Å². The van der Waals surface area contributed by atoms with Crippen molar-refractivity contribution in [1.29, 1.82) is 0 Å². The molecular weight excluding hydrogens is 416 g/mol. The molecule has 0 fully saturated rings. The Hall–Kier alpha value is -3.52. The number of anilines is 1. The van der Waals surface area contributed by atoms with Gasteiger partial charge in [0.25, 0.3) is 15.9 Å². The lowest BCUT2D eigenvalue weighted by Gasteiger charge is -2.15. The quantitative estimate of drug-likeness (QED) is 0.606. The van der Waals surface area contributed by atoms with Gasteiger partial charge in [0.2, 0.25) is 6.79 Å². The van der Waals surface area contributed by atoms with Gasteiger partial charge in [-0.1, -0.05) is 24.3 Å². The lowest BCUT2D eigenvalue weighted by Crippen LogP contribution is -2.26. The van der Waals surface area contributed by atoms with Crippen LogP contribution in [0.1, 0.15) is 34.5 Å². The predicted octanol–water partition coefficient (Wildman–Crippen LogP) is 4.02. The zero-order valence-corrected chi connectivity index (χ0v) is 17.9. The Morgan fingerprint density at radius 2 is 1.68 bits per heavy atom. The number of nitrogens with one attached hydrogen (secondary N) is 2. The molecule has 0 saturated heterocycles. The van der Waals surface area contributed by atoms with E-state index in [-0.39, 0.29) is 23.6 Å². The number of carbonyl (C=O) groups is 1. The number of ether oxygens (including phenoxy) is 2. The van der Waals surface area contributed by atoms with E-state index in [4.69, 9.17) is 9.47 Å². The number of aryl methyl sites for hydroxylation is 1. The van der Waals surface area contributed by atoms with Gasteiger partial charge in [-0.3, -0.25) is 9.52 Å². The van der Waals surface area contributed by atoms with E-state index >= 15 is 0 Å². The largest absolute Gasteiger partial charge is 0.454 e. The molecule has 1 aliphatic heterocycles. The van der Waals surface area contributed by atoms with Gasteiger partial charge in [0.1, 0.15) is 0 Å². The van der Waals surface area contributed by atoms with Crippen LogP contribution in [0, 0.1) is 6.92 Å². The Morgan fingerprint density at radius 3 is 2.42 bits per heavy atom. The number of carbonyl (C=O) groups excluding carboxylic acids is 1. The third kappa shape index (κ3) is 4.49. The normalized spacial score (nSPS) is 13.5. The van der Waals surface area contributed by atoms with Crippen LogP contribution in [0.4, 0.5) is 5.69 Å². The first kappa shape index (κ1) is 20.7. The van der Waals surface area contributed by atoms with E-state index in [2.05, 4.69) is 10.0 Å². The number of amides is 1. The first-order valence-electron chi connectivity index (χ1n) is 9.72. The van der Waals surface area contributed by atoms with Gasteiger partial charge in [-0.2, -0.15) is 0 Å². The SMILES string of the molecule is Cc1ccccc1NS(=O)(=O)c1ccc(C(=O)NC(C)c2ccc3c(c2)OCO3)cc1. The second-order valence-corrected chi connectivity index (χ2v) is 8.94. The van der Waals surface area contributed by atoms with Crippen molar-refractivity contribution in [2.45, 2.75) is 24.8 Å². The minimum absolute atomic E-state index is 0.0797. The highest BCUT2D eigenvalue weighted by Gasteiger charge is 2.19. The predicted molar refractivity (Wildman–Crippen MR) is 117 cm³/mol. The topological polar surface area (TPSA) is 93.7 Å². The Labute approximate surface area is 181 Å². The average molecular weight is 439 g/mol. The highest BCUT2D eigenvalue weighted by atomic mass is 32.2. The molecule has 0 saturated carbocycles.